The van der Waals surface area contributed by atoms with Crippen molar-refractivity contribution in [1.82, 2.24) is 9.13 Å². The Morgan fingerprint density at radius 3 is 1.52 bits per heavy atom. The molecule has 0 fully saturated rings. The van der Waals surface area contributed by atoms with E-state index in [9.17, 15) is 24.3 Å². The second kappa shape index (κ2) is 29.6. The molecule has 12 nitrogen and oxygen atoms in total. The highest BCUT2D eigenvalue weighted by Crippen LogP contribution is 2.36. The Morgan fingerprint density at radius 1 is 0.549 bits per heavy atom. The number of unbranched alkanes of at least 4 members (excludes halogenated alkanes) is 11. The van der Waals surface area contributed by atoms with Gasteiger partial charge in [0, 0.05) is 46.4 Å². The minimum Gasteiger partial charge on any atom is -0.504 e. The average Bonchev–Trinajstić information content (AvgIpc) is 3.38. The number of aromatic hydroxyl groups is 1. The number of ether oxygens (including phenoxy) is 3. The topological polar surface area (TPSA) is 150 Å². The summed E-state index contributed by atoms with van der Waals surface area (Å²) in [6, 6.07) is 28.9. The monoisotopic (exact) mass is 971 g/mol. The van der Waals surface area contributed by atoms with Crippen LogP contribution in [0.5, 0.6) is 23.0 Å². The lowest BCUT2D eigenvalue weighted by Gasteiger charge is -2.18. The quantitative estimate of drug-likeness (QED) is 0.0411. The number of aromatic nitrogens is 2. The van der Waals surface area contributed by atoms with Gasteiger partial charge in [0.05, 0.1) is 31.4 Å². The number of hydrogen-bond donors (Lipinski definition) is 3. The number of methoxy groups -OCH3 is 1. The number of aryl methyl sites for hydroxylation is 2. The first-order chi connectivity index (χ1) is 34.6. The minimum atomic E-state index is -0.336. The van der Waals surface area contributed by atoms with E-state index >= 15 is 0 Å². The van der Waals surface area contributed by atoms with E-state index in [0.29, 0.717) is 65.5 Å². The van der Waals surface area contributed by atoms with Crippen molar-refractivity contribution in [2.75, 3.05) is 31.0 Å². The molecular weight excluding hydrogens is 893 g/mol. The minimum absolute atomic E-state index is 0.00650. The Labute approximate surface area is 420 Å². The fourth-order valence-electron chi connectivity index (χ4n) is 8.71. The highest BCUT2D eigenvalue weighted by molar-refractivity contribution is 6.06. The summed E-state index contributed by atoms with van der Waals surface area (Å²) in [5.74, 6) is 0.458. The summed E-state index contributed by atoms with van der Waals surface area (Å²) >= 11 is 0. The van der Waals surface area contributed by atoms with Gasteiger partial charge >= 0.3 is 0 Å². The summed E-state index contributed by atoms with van der Waals surface area (Å²) in [7, 11) is 1.57. The van der Waals surface area contributed by atoms with E-state index in [4.69, 9.17) is 14.2 Å². The first-order valence-electron chi connectivity index (χ1n) is 26.2. The summed E-state index contributed by atoms with van der Waals surface area (Å²) in [4.78, 5) is 52.4. The largest absolute Gasteiger partial charge is 0.504 e. The fourth-order valence-corrected chi connectivity index (χ4v) is 8.71. The van der Waals surface area contributed by atoms with E-state index in [1.807, 2.05) is 54.6 Å². The number of hydrogen-bond acceptors (Lipinski definition) is 8. The summed E-state index contributed by atoms with van der Waals surface area (Å²) in [6.07, 6.45) is 17.2. The van der Waals surface area contributed by atoms with Gasteiger partial charge in [-0.3, -0.25) is 19.2 Å². The average molecular weight is 971 g/mol. The van der Waals surface area contributed by atoms with Crippen LogP contribution in [0.4, 0.5) is 11.4 Å². The van der Waals surface area contributed by atoms with Crippen molar-refractivity contribution < 1.29 is 28.9 Å². The molecule has 0 aliphatic rings. The maximum atomic E-state index is 13.7. The lowest BCUT2D eigenvalue weighted by atomic mass is 10.1. The van der Waals surface area contributed by atoms with E-state index in [1.165, 1.54) is 25.7 Å². The second-order valence-corrected chi connectivity index (χ2v) is 18.5. The van der Waals surface area contributed by atoms with Crippen LogP contribution in [0.15, 0.2) is 107 Å². The van der Waals surface area contributed by atoms with Gasteiger partial charge in [-0.05, 0) is 92.3 Å². The molecule has 2 heterocycles. The highest BCUT2D eigenvalue weighted by atomic mass is 16.5. The molecule has 6 rings (SSSR count). The molecule has 0 aliphatic carbocycles. The Balaban J connectivity index is 0.000000265. The number of nitrogens with zero attached hydrogens (tertiary/aromatic N) is 2. The molecule has 0 radical (unpaired) electrons. The molecule has 1 unspecified atom stereocenters. The second-order valence-electron chi connectivity index (χ2n) is 18.5. The van der Waals surface area contributed by atoms with Crippen LogP contribution >= 0.6 is 0 Å². The Kier molecular flexibility index (Phi) is 23.1. The van der Waals surface area contributed by atoms with Crippen LogP contribution in [-0.2, 0) is 13.1 Å². The lowest BCUT2D eigenvalue weighted by Crippen LogP contribution is -2.24. The van der Waals surface area contributed by atoms with E-state index in [-0.39, 0.29) is 46.1 Å². The standard InChI is InChI=1S/C31H42N2O4.C28H36N2O4/c1-4-6-8-10-11-16-22-37-29-28(36-3)26-20-19-25(32-30(34)24-17-13-12-14-18-24)23-27(26)33(31(29)35)21-15-9-7-5-2;1-4-6-7-11-17-30-24-18-22(29-27(32)21-13-9-8-10-14-21)15-16-23(24)25(31)26(28(30)33)34-19-20(3)12-5-2/h12-14,17-20,23H,4-11,15-16,21-22H2,1-3H3,(H,32,34);8-10,13-16,18,20,31H,4-7,11-12,17,19H2,1-3H3,(H,29,32). The van der Waals surface area contributed by atoms with Crippen LogP contribution in [0.25, 0.3) is 21.8 Å². The predicted octanol–water partition coefficient (Wildman–Crippen LogP) is 13.9. The molecule has 6 aromatic rings. The van der Waals surface area contributed by atoms with Crippen LogP contribution in [-0.4, -0.2) is 46.4 Å². The molecule has 2 amide bonds. The smallest absolute Gasteiger partial charge is 0.297 e. The number of fused-ring (bicyclic) bond motifs is 2. The van der Waals surface area contributed by atoms with Gasteiger partial charge in [0.2, 0.25) is 11.5 Å². The fraction of sp³-hybridized carbons (Fsp3) is 0.458. The van der Waals surface area contributed by atoms with Crippen molar-refractivity contribution in [3.63, 3.8) is 0 Å². The molecule has 4 aromatic carbocycles. The molecule has 0 saturated heterocycles. The molecule has 2 aromatic heterocycles. The molecule has 1 atom stereocenters. The van der Waals surface area contributed by atoms with Crippen LogP contribution in [0.3, 0.4) is 0 Å². The van der Waals surface area contributed by atoms with Gasteiger partial charge in [-0.25, -0.2) is 0 Å². The molecular formula is C59H78N4O8. The van der Waals surface area contributed by atoms with E-state index in [0.717, 1.165) is 88.0 Å². The van der Waals surface area contributed by atoms with Crippen molar-refractivity contribution in [3.05, 3.63) is 129 Å². The van der Waals surface area contributed by atoms with E-state index in [2.05, 4.69) is 45.3 Å². The van der Waals surface area contributed by atoms with Gasteiger partial charge < -0.3 is 39.1 Å². The number of carbonyl (C=O) groups is 2. The van der Waals surface area contributed by atoms with Crippen molar-refractivity contribution in [1.29, 1.82) is 0 Å². The molecule has 0 aliphatic heterocycles. The zero-order valence-corrected chi connectivity index (χ0v) is 43.2. The molecule has 0 bridgehead atoms. The SMILES string of the molecule is CCCCCCCCOc1c(OC)c2ccc(NC(=O)c3ccccc3)cc2n(CCCCCC)c1=O.CCCCCCn1c(=O)c(OCC(C)CCC)c(O)c2ccc(NC(=O)c3ccccc3)cc21. The molecule has 71 heavy (non-hydrogen) atoms. The van der Waals surface area contributed by atoms with Gasteiger partial charge in [-0.1, -0.05) is 148 Å². The lowest BCUT2D eigenvalue weighted by molar-refractivity contribution is 0.101. The van der Waals surface area contributed by atoms with Crippen LogP contribution in [0, 0.1) is 5.92 Å². The van der Waals surface area contributed by atoms with Crippen LogP contribution in [0.1, 0.15) is 158 Å². The number of anilines is 2. The third kappa shape index (κ3) is 16.0. The predicted molar refractivity (Wildman–Crippen MR) is 290 cm³/mol. The zero-order chi connectivity index (χ0) is 51.0. The molecule has 0 spiro atoms. The molecule has 12 heteroatoms. The Hall–Kier alpha value is -6.56. The maximum Gasteiger partial charge on any atom is 0.297 e. The van der Waals surface area contributed by atoms with Crippen molar-refractivity contribution in [3.8, 4) is 23.0 Å². The van der Waals surface area contributed by atoms with E-state index < -0.39 is 0 Å². The van der Waals surface area contributed by atoms with Gasteiger partial charge in [0.25, 0.3) is 22.9 Å². The van der Waals surface area contributed by atoms with Crippen molar-refractivity contribution >= 4 is 45.0 Å². The zero-order valence-electron chi connectivity index (χ0n) is 43.2. The first-order valence-corrected chi connectivity index (χ1v) is 26.2. The Bertz CT molecular complexity index is 2720. The summed E-state index contributed by atoms with van der Waals surface area (Å²) in [5, 5.41) is 18.1. The van der Waals surface area contributed by atoms with Gasteiger partial charge in [0.1, 0.15) is 0 Å². The Morgan fingerprint density at radius 2 is 1.01 bits per heavy atom. The van der Waals surface area contributed by atoms with Crippen molar-refractivity contribution in [2.45, 2.75) is 150 Å². The first kappa shape index (κ1) is 55.4. The normalized spacial score (nSPS) is 11.5. The number of rotatable bonds is 28. The summed E-state index contributed by atoms with van der Waals surface area (Å²) in [5.41, 5.74) is 3.12. The summed E-state index contributed by atoms with van der Waals surface area (Å²) < 4.78 is 21.1. The number of benzene rings is 4. The third-order valence-corrected chi connectivity index (χ3v) is 12.7. The molecule has 3 N–H and O–H groups in total. The summed E-state index contributed by atoms with van der Waals surface area (Å²) in [6.45, 7) is 12.7. The van der Waals surface area contributed by atoms with Crippen LogP contribution < -0.4 is 36.0 Å². The third-order valence-electron chi connectivity index (χ3n) is 12.7. The number of pyridine rings is 2. The van der Waals surface area contributed by atoms with Gasteiger partial charge in [0.15, 0.2) is 11.5 Å². The number of carbonyl (C=O) groups excluding carboxylic acids is 2. The maximum absolute atomic E-state index is 13.7. The van der Waals surface area contributed by atoms with E-state index in [1.54, 1.807) is 58.7 Å². The van der Waals surface area contributed by atoms with Gasteiger partial charge in [-0.2, -0.15) is 0 Å². The number of nitrogens with one attached hydrogen (secondary N) is 2. The molecule has 382 valence electrons. The number of amides is 2. The van der Waals surface area contributed by atoms with Gasteiger partial charge in [-0.15, -0.1) is 0 Å². The highest BCUT2D eigenvalue weighted by Gasteiger charge is 2.22. The molecule has 0 saturated carbocycles. The van der Waals surface area contributed by atoms with Crippen molar-refractivity contribution in [2.24, 2.45) is 5.92 Å². The van der Waals surface area contributed by atoms with Crippen LogP contribution in [0.2, 0.25) is 0 Å².